The number of aromatic nitrogens is 1. The fraction of sp³-hybridized carbons (Fsp3) is 0.444. The molecule has 1 aromatic heterocycles. The Hall–Kier alpha value is -1.79. The second kappa shape index (κ2) is 7.85. The van der Waals surface area contributed by atoms with Gasteiger partial charge in [0.15, 0.2) is 5.76 Å². The van der Waals surface area contributed by atoms with E-state index in [0.717, 1.165) is 48.0 Å². The van der Waals surface area contributed by atoms with Gasteiger partial charge in [-0.2, -0.15) is 0 Å². The summed E-state index contributed by atoms with van der Waals surface area (Å²) in [5.74, 6) is 0.967. The first-order valence-corrected chi connectivity index (χ1v) is 9.50. The van der Waals surface area contributed by atoms with Crippen LogP contribution in [-0.2, 0) is 4.79 Å². The number of carbonyl (C=O) groups is 1. The highest BCUT2D eigenvalue weighted by Crippen LogP contribution is 2.32. The van der Waals surface area contributed by atoms with Gasteiger partial charge >= 0.3 is 0 Å². The van der Waals surface area contributed by atoms with Crippen molar-refractivity contribution in [2.45, 2.75) is 37.1 Å². The van der Waals surface area contributed by atoms with Gasteiger partial charge in [-0.1, -0.05) is 17.3 Å². The number of rotatable bonds is 6. The van der Waals surface area contributed by atoms with Gasteiger partial charge in [0, 0.05) is 23.9 Å². The van der Waals surface area contributed by atoms with Gasteiger partial charge in [0.25, 0.3) is 0 Å². The van der Waals surface area contributed by atoms with Crippen molar-refractivity contribution in [2.75, 3.05) is 24.7 Å². The number of anilines is 1. The molecule has 1 fully saturated rings. The second-order valence-corrected chi connectivity index (χ2v) is 6.91. The van der Waals surface area contributed by atoms with Crippen LogP contribution in [0.5, 0.6) is 0 Å². The molecule has 1 aromatic carbocycles. The number of thioether (sulfide) groups is 1. The second-order valence-electron chi connectivity index (χ2n) is 6.06. The summed E-state index contributed by atoms with van der Waals surface area (Å²) >= 11 is 1.64. The summed E-state index contributed by atoms with van der Waals surface area (Å²) in [6.07, 6.45) is 4.68. The number of hydrogen-bond acceptors (Lipinski definition) is 5. The predicted octanol–water partition coefficient (Wildman–Crippen LogP) is 3.87. The van der Waals surface area contributed by atoms with Gasteiger partial charge in [0.1, 0.15) is 0 Å². The van der Waals surface area contributed by atoms with Crippen LogP contribution < -0.4 is 5.32 Å². The molecule has 0 spiro atoms. The molecule has 1 aliphatic rings. The van der Waals surface area contributed by atoms with Gasteiger partial charge in [0.05, 0.1) is 17.4 Å². The van der Waals surface area contributed by atoms with Crippen molar-refractivity contribution in [1.82, 2.24) is 10.1 Å². The minimum Gasteiger partial charge on any atom is -0.359 e. The van der Waals surface area contributed by atoms with E-state index in [1.54, 1.807) is 11.8 Å². The minimum atomic E-state index is 0.0518. The maximum absolute atomic E-state index is 12.3. The highest BCUT2D eigenvalue weighted by atomic mass is 32.2. The van der Waals surface area contributed by atoms with Crippen LogP contribution in [0.25, 0.3) is 0 Å². The van der Waals surface area contributed by atoms with E-state index in [9.17, 15) is 4.79 Å². The summed E-state index contributed by atoms with van der Waals surface area (Å²) < 4.78 is 5.42. The monoisotopic (exact) mass is 345 g/mol. The molecule has 128 valence electrons. The smallest absolute Gasteiger partial charge is 0.225 e. The highest BCUT2D eigenvalue weighted by Gasteiger charge is 2.29. The van der Waals surface area contributed by atoms with Gasteiger partial charge in [-0.05, 0) is 44.7 Å². The molecule has 0 aliphatic carbocycles. The van der Waals surface area contributed by atoms with E-state index in [1.807, 2.05) is 43.5 Å². The van der Waals surface area contributed by atoms with Crippen molar-refractivity contribution in [3.05, 3.63) is 41.8 Å². The Morgan fingerprint density at radius 2 is 2.29 bits per heavy atom. The highest BCUT2D eigenvalue weighted by molar-refractivity contribution is 7.98. The Bertz CT molecular complexity index is 701. The Morgan fingerprint density at radius 1 is 1.46 bits per heavy atom. The molecule has 0 unspecified atom stereocenters. The van der Waals surface area contributed by atoms with Crippen LogP contribution >= 0.6 is 11.8 Å². The number of hydrogen-bond donors (Lipinski definition) is 1. The molecular formula is C18H23N3O2S. The lowest BCUT2D eigenvalue weighted by Crippen LogP contribution is -2.27. The average molecular weight is 345 g/mol. The van der Waals surface area contributed by atoms with E-state index in [2.05, 4.69) is 15.4 Å². The first-order valence-electron chi connectivity index (χ1n) is 8.27. The van der Waals surface area contributed by atoms with Crippen LogP contribution in [0.15, 0.2) is 39.8 Å². The fourth-order valence-corrected chi connectivity index (χ4v) is 3.72. The molecule has 1 amide bonds. The third kappa shape index (κ3) is 3.99. The lowest BCUT2D eigenvalue weighted by molar-refractivity contribution is -0.116. The zero-order valence-electron chi connectivity index (χ0n) is 14.1. The quantitative estimate of drug-likeness (QED) is 0.806. The number of amides is 1. The number of aryl methyl sites for hydroxylation is 1. The van der Waals surface area contributed by atoms with Crippen LogP contribution in [-0.4, -0.2) is 35.3 Å². The van der Waals surface area contributed by atoms with Gasteiger partial charge < -0.3 is 9.84 Å². The molecule has 1 N–H and O–H groups in total. The molecule has 24 heavy (non-hydrogen) atoms. The number of nitrogens with zero attached hydrogens (tertiary/aromatic N) is 2. The average Bonchev–Trinajstić information content (AvgIpc) is 3.22. The first-order chi connectivity index (χ1) is 11.7. The maximum atomic E-state index is 12.3. The molecule has 0 radical (unpaired) electrons. The lowest BCUT2D eigenvalue weighted by atomic mass is 10.1. The van der Waals surface area contributed by atoms with Crippen molar-refractivity contribution >= 4 is 23.4 Å². The van der Waals surface area contributed by atoms with Gasteiger partial charge in [-0.3, -0.25) is 9.69 Å². The Kier molecular flexibility index (Phi) is 5.58. The summed E-state index contributed by atoms with van der Waals surface area (Å²) in [4.78, 5) is 15.7. The van der Waals surface area contributed by atoms with E-state index in [4.69, 9.17) is 4.52 Å². The van der Waals surface area contributed by atoms with E-state index in [1.165, 1.54) is 0 Å². The number of para-hydroxylation sites is 1. The van der Waals surface area contributed by atoms with Crippen LogP contribution in [0, 0.1) is 6.92 Å². The topological polar surface area (TPSA) is 58.4 Å². The summed E-state index contributed by atoms with van der Waals surface area (Å²) in [5.41, 5.74) is 1.79. The van der Waals surface area contributed by atoms with Crippen molar-refractivity contribution in [3.63, 3.8) is 0 Å². The Morgan fingerprint density at radius 3 is 3.04 bits per heavy atom. The third-order valence-electron chi connectivity index (χ3n) is 4.35. The summed E-state index contributed by atoms with van der Waals surface area (Å²) in [6, 6.07) is 10.1. The Balaban J connectivity index is 1.56. The van der Waals surface area contributed by atoms with Crippen molar-refractivity contribution in [2.24, 2.45) is 0 Å². The van der Waals surface area contributed by atoms with Crippen molar-refractivity contribution < 1.29 is 9.32 Å². The van der Waals surface area contributed by atoms with E-state index in [-0.39, 0.29) is 11.9 Å². The molecule has 6 heteroatoms. The van der Waals surface area contributed by atoms with E-state index >= 15 is 0 Å². The third-order valence-corrected chi connectivity index (χ3v) is 5.14. The zero-order chi connectivity index (χ0) is 16.9. The van der Waals surface area contributed by atoms with Crippen molar-refractivity contribution in [3.8, 4) is 0 Å². The molecule has 1 saturated heterocycles. The molecule has 2 aromatic rings. The van der Waals surface area contributed by atoms with E-state index < -0.39 is 0 Å². The number of benzene rings is 1. The molecule has 0 saturated carbocycles. The normalized spacial score (nSPS) is 18.0. The standard InChI is InChI=1S/C18H23N3O2S/c1-13-12-16(23-20-13)15-7-5-10-21(15)11-9-18(22)19-14-6-3-4-8-17(14)24-2/h3-4,6,8,12,15H,5,7,9-11H2,1-2H3,(H,19,22)/t15-/m0/s1. The van der Waals surface area contributed by atoms with Crippen LogP contribution in [0.1, 0.15) is 36.8 Å². The SMILES string of the molecule is CSc1ccccc1NC(=O)CCN1CCC[C@H]1c1cc(C)no1. The molecule has 3 rings (SSSR count). The van der Waals surface area contributed by atoms with E-state index in [0.29, 0.717) is 6.42 Å². The van der Waals surface area contributed by atoms with Gasteiger partial charge in [-0.15, -0.1) is 11.8 Å². The molecule has 2 heterocycles. The maximum Gasteiger partial charge on any atom is 0.225 e. The first kappa shape index (κ1) is 17.0. The summed E-state index contributed by atoms with van der Waals surface area (Å²) in [6.45, 7) is 3.67. The summed E-state index contributed by atoms with van der Waals surface area (Å²) in [5, 5.41) is 7.00. The summed E-state index contributed by atoms with van der Waals surface area (Å²) in [7, 11) is 0. The van der Waals surface area contributed by atoms with Crippen LogP contribution in [0.3, 0.4) is 0 Å². The molecule has 5 nitrogen and oxygen atoms in total. The number of carbonyl (C=O) groups excluding carboxylic acids is 1. The molecule has 1 aliphatic heterocycles. The van der Waals surface area contributed by atoms with Crippen molar-refractivity contribution in [1.29, 1.82) is 0 Å². The van der Waals surface area contributed by atoms with Gasteiger partial charge in [0.2, 0.25) is 5.91 Å². The molecule has 0 bridgehead atoms. The zero-order valence-corrected chi connectivity index (χ0v) is 14.9. The Labute approximate surface area is 146 Å². The number of nitrogens with one attached hydrogen (secondary N) is 1. The molecular weight excluding hydrogens is 322 g/mol. The molecule has 1 atom stereocenters. The number of likely N-dealkylation sites (tertiary alicyclic amines) is 1. The van der Waals surface area contributed by atoms with Crippen LogP contribution in [0.2, 0.25) is 0 Å². The minimum absolute atomic E-state index is 0.0518. The largest absolute Gasteiger partial charge is 0.359 e. The fourth-order valence-electron chi connectivity index (χ4n) is 3.16. The lowest BCUT2D eigenvalue weighted by Gasteiger charge is -2.22. The van der Waals surface area contributed by atoms with Gasteiger partial charge in [-0.25, -0.2) is 0 Å². The predicted molar refractivity (Wildman–Crippen MR) is 96.3 cm³/mol. The van der Waals surface area contributed by atoms with Crippen LogP contribution in [0.4, 0.5) is 5.69 Å².